The third-order valence-corrected chi connectivity index (χ3v) is 1.47. The van der Waals surface area contributed by atoms with Crippen LogP contribution in [0.4, 0.5) is 4.39 Å². The first-order valence-electron chi connectivity index (χ1n) is 4.30. The SMILES string of the molecule is CC.COc1ccc(F)c(CN)c1. The van der Waals surface area contributed by atoms with Gasteiger partial charge in [0.1, 0.15) is 11.6 Å². The lowest BCUT2D eigenvalue weighted by Crippen LogP contribution is -1.99. The van der Waals surface area contributed by atoms with Crippen molar-refractivity contribution in [2.75, 3.05) is 7.11 Å². The van der Waals surface area contributed by atoms with Gasteiger partial charge in [0.05, 0.1) is 7.11 Å². The van der Waals surface area contributed by atoms with E-state index in [-0.39, 0.29) is 12.4 Å². The van der Waals surface area contributed by atoms with Gasteiger partial charge in [-0.3, -0.25) is 0 Å². The number of halogens is 1. The van der Waals surface area contributed by atoms with Gasteiger partial charge in [-0.2, -0.15) is 0 Å². The summed E-state index contributed by atoms with van der Waals surface area (Å²) in [5, 5.41) is 0. The Morgan fingerprint density at radius 3 is 2.46 bits per heavy atom. The Labute approximate surface area is 78.5 Å². The van der Waals surface area contributed by atoms with Crippen LogP contribution in [-0.4, -0.2) is 7.11 Å². The molecule has 0 fully saturated rings. The van der Waals surface area contributed by atoms with E-state index in [2.05, 4.69) is 0 Å². The van der Waals surface area contributed by atoms with E-state index in [0.717, 1.165) is 0 Å². The lowest BCUT2D eigenvalue weighted by atomic mass is 10.2. The van der Waals surface area contributed by atoms with Crippen LogP contribution in [0.5, 0.6) is 5.75 Å². The molecule has 0 aliphatic heterocycles. The summed E-state index contributed by atoms with van der Waals surface area (Å²) in [5.41, 5.74) is 5.75. The average molecular weight is 185 g/mol. The predicted molar refractivity (Wildman–Crippen MR) is 52.2 cm³/mol. The Bertz CT molecular complexity index is 251. The summed E-state index contributed by atoms with van der Waals surface area (Å²) in [6, 6.07) is 4.50. The van der Waals surface area contributed by atoms with E-state index in [1.165, 1.54) is 13.2 Å². The number of rotatable bonds is 2. The smallest absolute Gasteiger partial charge is 0.127 e. The van der Waals surface area contributed by atoms with E-state index in [1.54, 1.807) is 12.1 Å². The first-order valence-corrected chi connectivity index (χ1v) is 4.30. The minimum absolute atomic E-state index is 0.197. The molecule has 0 heterocycles. The van der Waals surface area contributed by atoms with Crippen molar-refractivity contribution >= 4 is 0 Å². The molecule has 1 aromatic rings. The third-order valence-electron chi connectivity index (χ3n) is 1.47. The zero-order valence-electron chi connectivity index (χ0n) is 8.30. The molecule has 0 aromatic heterocycles. The molecule has 1 rings (SSSR count). The summed E-state index contributed by atoms with van der Waals surface area (Å²) < 4.78 is 17.7. The van der Waals surface area contributed by atoms with Crippen molar-refractivity contribution in [1.29, 1.82) is 0 Å². The summed E-state index contributed by atoms with van der Waals surface area (Å²) in [6.07, 6.45) is 0. The Hall–Kier alpha value is -1.09. The van der Waals surface area contributed by atoms with Gasteiger partial charge in [0.2, 0.25) is 0 Å². The van der Waals surface area contributed by atoms with Gasteiger partial charge in [0, 0.05) is 12.1 Å². The van der Waals surface area contributed by atoms with Crippen LogP contribution in [0.2, 0.25) is 0 Å². The molecule has 0 saturated heterocycles. The van der Waals surface area contributed by atoms with Gasteiger partial charge in [-0.1, -0.05) is 13.8 Å². The molecule has 2 nitrogen and oxygen atoms in total. The predicted octanol–water partition coefficient (Wildman–Crippen LogP) is 2.32. The van der Waals surface area contributed by atoms with E-state index in [4.69, 9.17) is 10.5 Å². The van der Waals surface area contributed by atoms with Gasteiger partial charge in [0.15, 0.2) is 0 Å². The standard InChI is InChI=1S/C8H10FNO.C2H6/c1-11-7-2-3-8(9)6(4-7)5-10;1-2/h2-4H,5,10H2,1H3;1-2H3. The molecule has 13 heavy (non-hydrogen) atoms. The van der Waals surface area contributed by atoms with Gasteiger partial charge in [-0.05, 0) is 18.2 Å². The van der Waals surface area contributed by atoms with Crippen LogP contribution in [0, 0.1) is 5.82 Å². The van der Waals surface area contributed by atoms with Crippen molar-refractivity contribution in [3.63, 3.8) is 0 Å². The number of benzene rings is 1. The Kier molecular flexibility index (Phi) is 5.89. The van der Waals surface area contributed by atoms with Crippen LogP contribution in [0.25, 0.3) is 0 Å². The molecule has 0 aliphatic carbocycles. The summed E-state index contributed by atoms with van der Waals surface area (Å²) in [5.74, 6) is 0.347. The van der Waals surface area contributed by atoms with Crippen molar-refractivity contribution in [2.45, 2.75) is 20.4 Å². The largest absolute Gasteiger partial charge is 0.497 e. The van der Waals surface area contributed by atoms with E-state index in [0.29, 0.717) is 11.3 Å². The van der Waals surface area contributed by atoms with Crippen molar-refractivity contribution in [1.82, 2.24) is 0 Å². The van der Waals surface area contributed by atoms with Crippen LogP contribution in [0.1, 0.15) is 19.4 Å². The average Bonchev–Trinajstić information content (AvgIpc) is 2.22. The molecule has 0 aliphatic rings. The van der Waals surface area contributed by atoms with Crippen molar-refractivity contribution in [3.8, 4) is 5.75 Å². The van der Waals surface area contributed by atoms with E-state index in [1.807, 2.05) is 13.8 Å². The van der Waals surface area contributed by atoms with Crippen molar-refractivity contribution in [2.24, 2.45) is 5.73 Å². The van der Waals surface area contributed by atoms with Crippen molar-refractivity contribution < 1.29 is 9.13 Å². The zero-order chi connectivity index (χ0) is 10.3. The lowest BCUT2D eigenvalue weighted by molar-refractivity contribution is 0.412. The monoisotopic (exact) mass is 185 g/mol. The molecule has 0 radical (unpaired) electrons. The fraction of sp³-hybridized carbons (Fsp3) is 0.400. The van der Waals surface area contributed by atoms with Crippen LogP contribution in [0.15, 0.2) is 18.2 Å². The topological polar surface area (TPSA) is 35.2 Å². The van der Waals surface area contributed by atoms with E-state index >= 15 is 0 Å². The Morgan fingerprint density at radius 2 is 2.00 bits per heavy atom. The lowest BCUT2D eigenvalue weighted by Gasteiger charge is -2.02. The van der Waals surface area contributed by atoms with Gasteiger partial charge in [-0.25, -0.2) is 4.39 Å². The molecule has 0 saturated carbocycles. The fourth-order valence-corrected chi connectivity index (χ4v) is 0.835. The summed E-state index contributed by atoms with van der Waals surface area (Å²) >= 11 is 0. The highest BCUT2D eigenvalue weighted by atomic mass is 19.1. The van der Waals surface area contributed by atoms with Gasteiger partial charge in [-0.15, -0.1) is 0 Å². The second kappa shape index (κ2) is 6.43. The molecule has 0 atom stereocenters. The van der Waals surface area contributed by atoms with Crippen LogP contribution in [0.3, 0.4) is 0 Å². The van der Waals surface area contributed by atoms with Gasteiger partial charge < -0.3 is 10.5 Å². The molecule has 2 N–H and O–H groups in total. The highest BCUT2D eigenvalue weighted by Crippen LogP contribution is 2.15. The number of nitrogens with two attached hydrogens (primary N) is 1. The highest BCUT2D eigenvalue weighted by Gasteiger charge is 2.00. The molecule has 3 heteroatoms. The minimum Gasteiger partial charge on any atom is -0.497 e. The third kappa shape index (κ3) is 3.42. The quantitative estimate of drug-likeness (QED) is 0.767. The molecule has 1 aromatic carbocycles. The van der Waals surface area contributed by atoms with E-state index < -0.39 is 0 Å². The number of hydrogen-bond donors (Lipinski definition) is 1. The first-order chi connectivity index (χ1) is 6.27. The number of methoxy groups -OCH3 is 1. The molecule has 0 bridgehead atoms. The van der Waals surface area contributed by atoms with Crippen LogP contribution >= 0.6 is 0 Å². The molecular formula is C10H16FNO. The summed E-state index contributed by atoms with van der Waals surface area (Å²) in [6.45, 7) is 4.20. The zero-order valence-corrected chi connectivity index (χ0v) is 8.30. The second-order valence-electron chi connectivity index (χ2n) is 2.16. The first kappa shape index (κ1) is 11.9. The van der Waals surface area contributed by atoms with Gasteiger partial charge >= 0.3 is 0 Å². The Morgan fingerprint density at radius 1 is 1.38 bits per heavy atom. The maximum Gasteiger partial charge on any atom is 0.127 e. The minimum atomic E-state index is -0.284. The summed E-state index contributed by atoms with van der Waals surface area (Å²) in [7, 11) is 1.54. The van der Waals surface area contributed by atoms with E-state index in [9.17, 15) is 4.39 Å². The fourth-order valence-electron chi connectivity index (χ4n) is 0.835. The second-order valence-corrected chi connectivity index (χ2v) is 2.16. The van der Waals surface area contributed by atoms with Crippen molar-refractivity contribution in [3.05, 3.63) is 29.6 Å². The molecule has 0 unspecified atom stereocenters. The van der Waals surface area contributed by atoms with Gasteiger partial charge in [0.25, 0.3) is 0 Å². The Balaban J connectivity index is 0.000000671. The number of ether oxygens (including phenoxy) is 1. The maximum absolute atomic E-state index is 12.8. The summed E-state index contributed by atoms with van der Waals surface area (Å²) in [4.78, 5) is 0. The molecule has 74 valence electrons. The number of hydrogen-bond acceptors (Lipinski definition) is 2. The van der Waals surface area contributed by atoms with Crippen LogP contribution < -0.4 is 10.5 Å². The van der Waals surface area contributed by atoms with Crippen LogP contribution in [-0.2, 0) is 6.54 Å². The molecule has 0 spiro atoms. The normalized spacial score (nSPS) is 8.69. The highest BCUT2D eigenvalue weighted by molar-refractivity contribution is 5.29. The maximum atomic E-state index is 12.8. The molecular weight excluding hydrogens is 169 g/mol. The molecule has 0 amide bonds.